The molecule has 1 aromatic rings. The quantitative estimate of drug-likeness (QED) is 0.801. The summed E-state index contributed by atoms with van der Waals surface area (Å²) in [6.07, 6.45) is 3.81. The third kappa shape index (κ3) is 2.97. The number of benzene rings is 1. The van der Waals surface area contributed by atoms with Crippen molar-refractivity contribution in [3.05, 3.63) is 29.1 Å². The molecule has 1 aliphatic rings. The number of likely N-dealkylation sites (tertiary alicyclic amines) is 1. The van der Waals surface area contributed by atoms with Crippen molar-refractivity contribution >= 4 is 0 Å². The number of hydrogen-bond donors (Lipinski definition) is 0. The normalized spacial score (nSPS) is 17.1. The van der Waals surface area contributed by atoms with E-state index in [0.717, 1.165) is 30.9 Å². The molecule has 1 fully saturated rings. The lowest BCUT2D eigenvalue weighted by Gasteiger charge is -2.27. The largest absolute Gasteiger partial charge is 0.496 e. The predicted octanol–water partition coefficient (Wildman–Crippen LogP) is 3.13. The third-order valence-corrected chi connectivity index (χ3v) is 3.40. The Morgan fingerprint density at radius 3 is 2.59 bits per heavy atom. The topological polar surface area (TPSA) is 12.5 Å². The van der Waals surface area contributed by atoms with Gasteiger partial charge in [-0.05, 0) is 50.6 Å². The molecule has 17 heavy (non-hydrogen) atoms. The molecule has 0 radical (unpaired) electrons. The maximum Gasteiger partial charge on any atom is 0.126 e. The number of halogens is 1. The minimum absolute atomic E-state index is 0.141. The number of aryl methyl sites for hydroxylation is 1. The van der Waals surface area contributed by atoms with Crippen molar-refractivity contribution < 1.29 is 9.13 Å². The summed E-state index contributed by atoms with van der Waals surface area (Å²) in [4.78, 5) is 2.37. The SMILES string of the molecule is COc1cc(C)c(F)cc1CN1CCCCC1. The number of piperidine rings is 1. The van der Waals surface area contributed by atoms with E-state index in [-0.39, 0.29) is 5.82 Å². The molecule has 0 spiro atoms. The van der Waals surface area contributed by atoms with Crippen LogP contribution in [0.2, 0.25) is 0 Å². The second kappa shape index (κ2) is 5.50. The van der Waals surface area contributed by atoms with Gasteiger partial charge < -0.3 is 4.74 Å². The first-order chi connectivity index (χ1) is 8.20. The molecule has 1 aliphatic heterocycles. The fraction of sp³-hybridized carbons (Fsp3) is 0.571. The average molecular weight is 237 g/mol. The summed E-state index contributed by atoms with van der Waals surface area (Å²) < 4.78 is 18.9. The van der Waals surface area contributed by atoms with E-state index in [1.165, 1.54) is 19.3 Å². The highest BCUT2D eigenvalue weighted by Gasteiger charge is 2.14. The van der Waals surface area contributed by atoms with E-state index in [2.05, 4.69) is 4.90 Å². The van der Waals surface area contributed by atoms with E-state index >= 15 is 0 Å². The Kier molecular flexibility index (Phi) is 4.00. The molecule has 94 valence electrons. The number of rotatable bonds is 3. The second-order valence-corrected chi connectivity index (χ2v) is 4.75. The van der Waals surface area contributed by atoms with E-state index in [9.17, 15) is 4.39 Å². The summed E-state index contributed by atoms with van der Waals surface area (Å²) in [6, 6.07) is 3.40. The lowest BCUT2D eigenvalue weighted by molar-refractivity contribution is 0.218. The van der Waals surface area contributed by atoms with Gasteiger partial charge in [0.25, 0.3) is 0 Å². The molecular formula is C14H20FNO. The number of methoxy groups -OCH3 is 1. The molecule has 0 atom stereocenters. The van der Waals surface area contributed by atoms with E-state index < -0.39 is 0 Å². The van der Waals surface area contributed by atoms with Crippen LogP contribution in [0.25, 0.3) is 0 Å². The fourth-order valence-corrected chi connectivity index (χ4v) is 2.37. The molecule has 0 aromatic heterocycles. The zero-order chi connectivity index (χ0) is 12.3. The van der Waals surface area contributed by atoms with Crippen LogP contribution in [0.1, 0.15) is 30.4 Å². The van der Waals surface area contributed by atoms with Crippen LogP contribution in [-0.2, 0) is 6.54 Å². The summed E-state index contributed by atoms with van der Waals surface area (Å²) >= 11 is 0. The van der Waals surface area contributed by atoms with Gasteiger partial charge in [0.05, 0.1) is 7.11 Å². The number of hydrogen-bond acceptors (Lipinski definition) is 2. The molecule has 1 heterocycles. The zero-order valence-electron chi connectivity index (χ0n) is 10.6. The Labute approximate surface area is 102 Å². The highest BCUT2D eigenvalue weighted by Crippen LogP contribution is 2.25. The molecule has 1 saturated heterocycles. The smallest absolute Gasteiger partial charge is 0.126 e. The lowest BCUT2D eigenvalue weighted by atomic mass is 10.1. The first kappa shape index (κ1) is 12.4. The van der Waals surface area contributed by atoms with Crippen molar-refractivity contribution in [1.82, 2.24) is 4.90 Å². The van der Waals surface area contributed by atoms with Gasteiger partial charge >= 0.3 is 0 Å². The molecule has 0 aliphatic carbocycles. The lowest BCUT2D eigenvalue weighted by Crippen LogP contribution is -2.29. The zero-order valence-corrected chi connectivity index (χ0v) is 10.6. The van der Waals surface area contributed by atoms with Gasteiger partial charge in [-0.25, -0.2) is 4.39 Å². The van der Waals surface area contributed by atoms with Crippen LogP contribution in [0.15, 0.2) is 12.1 Å². The van der Waals surface area contributed by atoms with Crippen LogP contribution in [0.4, 0.5) is 4.39 Å². The van der Waals surface area contributed by atoms with Crippen molar-refractivity contribution in [1.29, 1.82) is 0 Å². The van der Waals surface area contributed by atoms with Crippen LogP contribution < -0.4 is 4.74 Å². The van der Waals surface area contributed by atoms with Crippen LogP contribution in [0.5, 0.6) is 5.75 Å². The molecule has 0 saturated carbocycles. The van der Waals surface area contributed by atoms with Gasteiger partial charge in [0.2, 0.25) is 0 Å². The van der Waals surface area contributed by atoms with Crippen LogP contribution in [0, 0.1) is 12.7 Å². The predicted molar refractivity (Wildman–Crippen MR) is 66.8 cm³/mol. The average Bonchev–Trinajstić information content (AvgIpc) is 2.35. The number of nitrogens with zero attached hydrogens (tertiary/aromatic N) is 1. The van der Waals surface area contributed by atoms with Gasteiger partial charge in [0, 0.05) is 12.1 Å². The Morgan fingerprint density at radius 1 is 1.24 bits per heavy atom. The molecule has 0 amide bonds. The standard InChI is InChI=1S/C14H20FNO/c1-11-8-14(17-2)12(9-13(11)15)10-16-6-4-3-5-7-16/h8-9H,3-7,10H2,1-2H3. The van der Waals surface area contributed by atoms with Gasteiger partial charge in [0.15, 0.2) is 0 Å². The molecule has 0 N–H and O–H groups in total. The highest BCUT2D eigenvalue weighted by molar-refractivity contribution is 5.38. The highest BCUT2D eigenvalue weighted by atomic mass is 19.1. The van der Waals surface area contributed by atoms with Gasteiger partial charge in [-0.2, -0.15) is 0 Å². The van der Waals surface area contributed by atoms with Gasteiger partial charge in [-0.1, -0.05) is 6.42 Å². The van der Waals surface area contributed by atoms with E-state index in [0.29, 0.717) is 5.56 Å². The minimum atomic E-state index is -0.141. The van der Waals surface area contributed by atoms with Gasteiger partial charge in [0.1, 0.15) is 11.6 Å². The monoisotopic (exact) mass is 237 g/mol. The molecular weight excluding hydrogens is 217 g/mol. The fourth-order valence-electron chi connectivity index (χ4n) is 2.37. The van der Waals surface area contributed by atoms with Crippen molar-refractivity contribution in [2.45, 2.75) is 32.7 Å². The summed E-state index contributed by atoms with van der Waals surface area (Å²) in [7, 11) is 1.65. The third-order valence-electron chi connectivity index (χ3n) is 3.40. The van der Waals surface area contributed by atoms with E-state index in [1.807, 2.05) is 0 Å². The maximum absolute atomic E-state index is 13.6. The Balaban J connectivity index is 2.15. The maximum atomic E-state index is 13.6. The van der Waals surface area contributed by atoms with Crippen LogP contribution in [-0.4, -0.2) is 25.1 Å². The number of ether oxygens (including phenoxy) is 1. The van der Waals surface area contributed by atoms with Gasteiger partial charge in [-0.15, -0.1) is 0 Å². The van der Waals surface area contributed by atoms with Gasteiger partial charge in [-0.3, -0.25) is 4.90 Å². The van der Waals surface area contributed by atoms with Crippen molar-refractivity contribution in [3.63, 3.8) is 0 Å². The Hall–Kier alpha value is -1.09. The molecule has 2 nitrogen and oxygen atoms in total. The van der Waals surface area contributed by atoms with E-state index in [1.54, 1.807) is 26.2 Å². The molecule has 0 unspecified atom stereocenters. The molecule has 3 heteroatoms. The summed E-state index contributed by atoms with van der Waals surface area (Å²) in [5, 5.41) is 0. The Bertz CT molecular complexity index is 386. The molecule has 0 bridgehead atoms. The summed E-state index contributed by atoms with van der Waals surface area (Å²) in [5.41, 5.74) is 1.60. The van der Waals surface area contributed by atoms with Crippen molar-refractivity contribution in [2.24, 2.45) is 0 Å². The van der Waals surface area contributed by atoms with Crippen LogP contribution in [0.3, 0.4) is 0 Å². The first-order valence-corrected chi connectivity index (χ1v) is 6.26. The van der Waals surface area contributed by atoms with Crippen LogP contribution >= 0.6 is 0 Å². The minimum Gasteiger partial charge on any atom is -0.496 e. The molecule has 2 rings (SSSR count). The first-order valence-electron chi connectivity index (χ1n) is 6.26. The molecule has 1 aromatic carbocycles. The summed E-state index contributed by atoms with van der Waals surface area (Å²) in [6.45, 7) is 4.78. The Morgan fingerprint density at radius 2 is 1.94 bits per heavy atom. The van der Waals surface area contributed by atoms with Crippen molar-refractivity contribution in [2.75, 3.05) is 20.2 Å². The summed E-state index contributed by atoms with van der Waals surface area (Å²) in [5.74, 6) is 0.660. The van der Waals surface area contributed by atoms with E-state index in [4.69, 9.17) is 4.74 Å². The van der Waals surface area contributed by atoms with Crippen molar-refractivity contribution in [3.8, 4) is 5.75 Å². The second-order valence-electron chi connectivity index (χ2n) is 4.75.